The number of nitrogens with one attached hydrogen (secondary N) is 1. The van der Waals surface area contributed by atoms with Crippen LogP contribution in [0, 0.1) is 0 Å². The number of amides is 1. The van der Waals surface area contributed by atoms with Gasteiger partial charge in [0.25, 0.3) is 5.91 Å². The summed E-state index contributed by atoms with van der Waals surface area (Å²) >= 11 is 0. The molecule has 2 heterocycles. The van der Waals surface area contributed by atoms with Gasteiger partial charge < -0.3 is 24.1 Å². The Morgan fingerprint density at radius 2 is 1.77 bits per heavy atom. The maximum atomic E-state index is 12.9. The number of likely N-dealkylation sites (N-methyl/N-ethyl adjacent to an activating group) is 1. The molecule has 1 saturated heterocycles. The molecule has 0 bridgehead atoms. The van der Waals surface area contributed by atoms with E-state index in [9.17, 15) is 4.79 Å². The Balaban J connectivity index is 1.62. The Kier molecular flexibility index (Phi) is 5.92. The monoisotopic (exact) mass is 409 g/mol. The van der Waals surface area contributed by atoms with Crippen LogP contribution in [-0.4, -0.2) is 63.2 Å². The molecule has 7 nitrogen and oxygen atoms in total. The van der Waals surface area contributed by atoms with Gasteiger partial charge in [0.2, 0.25) is 0 Å². The van der Waals surface area contributed by atoms with Gasteiger partial charge in [-0.15, -0.1) is 0 Å². The maximum Gasteiger partial charge on any atom is 0.291 e. The topological polar surface area (TPSA) is 67.2 Å². The lowest BCUT2D eigenvalue weighted by Crippen LogP contribution is -2.43. The van der Waals surface area contributed by atoms with E-state index in [0.29, 0.717) is 22.8 Å². The zero-order chi connectivity index (χ0) is 21.1. The summed E-state index contributed by atoms with van der Waals surface area (Å²) in [5.74, 6) is 1.11. The number of hydrogen-bond donors (Lipinski definition) is 1. The first kappa shape index (κ1) is 20.3. The zero-order valence-electron chi connectivity index (χ0n) is 17.6. The standard InChI is InChI=1S/C23H27N3O4/c1-25-10-12-26(13-11-25)15-16-8-9-20(29-3)22-17(16)14-21(30-22)23(27)24-18-6-4-5-7-19(18)28-2/h4-9,14H,10-13,15H2,1-3H3,(H,24,27). The van der Waals surface area contributed by atoms with E-state index in [2.05, 4.69) is 28.2 Å². The fraction of sp³-hybridized carbons (Fsp3) is 0.348. The Bertz CT molecular complexity index is 1040. The van der Waals surface area contributed by atoms with Crippen molar-refractivity contribution in [1.82, 2.24) is 9.80 Å². The molecule has 158 valence electrons. The largest absolute Gasteiger partial charge is 0.495 e. The van der Waals surface area contributed by atoms with Crippen LogP contribution in [0.2, 0.25) is 0 Å². The van der Waals surface area contributed by atoms with Crippen LogP contribution in [0.3, 0.4) is 0 Å². The molecule has 4 rings (SSSR count). The van der Waals surface area contributed by atoms with Crippen LogP contribution < -0.4 is 14.8 Å². The number of furan rings is 1. The minimum atomic E-state index is -0.330. The van der Waals surface area contributed by atoms with Crippen molar-refractivity contribution in [2.45, 2.75) is 6.54 Å². The summed E-state index contributed by atoms with van der Waals surface area (Å²) in [4.78, 5) is 17.6. The molecule has 1 aromatic heterocycles. The highest BCUT2D eigenvalue weighted by atomic mass is 16.5. The molecule has 30 heavy (non-hydrogen) atoms. The van der Waals surface area contributed by atoms with E-state index >= 15 is 0 Å². The lowest BCUT2D eigenvalue weighted by atomic mass is 10.1. The molecule has 1 fully saturated rings. The van der Waals surface area contributed by atoms with Crippen molar-refractivity contribution >= 4 is 22.6 Å². The second-order valence-corrected chi connectivity index (χ2v) is 7.51. The number of fused-ring (bicyclic) bond motifs is 1. The average Bonchev–Trinajstić information content (AvgIpc) is 3.22. The van der Waals surface area contributed by atoms with Crippen molar-refractivity contribution in [1.29, 1.82) is 0 Å². The third-order valence-corrected chi connectivity index (χ3v) is 5.53. The van der Waals surface area contributed by atoms with Gasteiger partial charge in [0.15, 0.2) is 17.1 Å². The van der Waals surface area contributed by atoms with E-state index in [4.69, 9.17) is 13.9 Å². The first-order valence-electron chi connectivity index (χ1n) is 10.0. The fourth-order valence-corrected chi connectivity index (χ4v) is 3.74. The smallest absolute Gasteiger partial charge is 0.291 e. The quantitative estimate of drug-likeness (QED) is 0.673. The second-order valence-electron chi connectivity index (χ2n) is 7.51. The normalized spacial score (nSPS) is 15.3. The van der Waals surface area contributed by atoms with E-state index < -0.39 is 0 Å². The van der Waals surface area contributed by atoms with Crippen molar-refractivity contribution in [3.63, 3.8) is 0 Å². The molecule has 7 heteroatoms. The van der Waals surface area contributed by atoms with Crippen molar-refractivity contribution in [3.05, 3.63) is 53.8 Å². The van der Waals surface area contributed by atoms with Crippen LogP contribution in [0.5, 0.6) is 11.5 Å². The number of benzene rings is 2. The minimum Gasteiger partial charge on any atom is -0.495 e. The highest BCUT2D eigenvalue weighted by Gasteiger charge is 2.21. The van der Waals surface area contributed by atoms with E-state index in [0.717, 1.165) is 43.7 Å². The minimum absolute atomic E-state index is 0.236. The molecular formula is C23H27N3O4. The molecule has 0 spiro atoms. The van der Waals surface area contributed by atoms with Crippen LogP contribution in [-0.2, 0) is 6.54 Å². The van der Waals surface area contributed by atoms with Crippen LogP contribution in [0.25, 0.3) is 11.0 Å². The molecule has 1 aliphatic heterocycles. The number of hydrogen-bond acceptors (Lipinski definition) is 6. The first-order valence-corrected chi connectivity index (χ1v) is 10.0. The first-order chi connectivity index (χ1) is 14.6. The molecule has 0 saturated carbocycles. The van der Waals surface area contributed by atoms with Gasteiger partial charge in [-0.1, -0.05) is 18.2 Å². The van der Waals surface area contributed by atoms with Gasteiger partial charge in [0.1, 0.15) is 5.75 Å². The number of methoxy groups -OCH3 is 2. The summed E-state index contributed by atoms with van der Waals surface area (Å²) in [6.07, 6.45) is 0. The van der Waals surface area contributed by atoms with E-state index in [1.807, 2.05) is 18.2 Å². The van der Waals surface area contributed by atoms with E-state index in [1.165, 1.54) is 0 Å². The van der Waals surface area contributed by atoms with Crippen molar-refractivity contribution in [2.24, 2.45) is 0 Å². The lowest BCUT2D eigenvalue weighted by Gasteiger charge is -2.32. The number of anilines is 1. The molecule has 0 atom stereocenters. The third kappa shape index (κ3) is 4.13. The van der Waals surface area contributed by atoms with E-state index in [-0.39, 0.29) is 11.7 Å². The molecule has 1 amide bonds. The van der Waals surface area contributed by atoms with Gasteiger partial charge in [-0.05, 0) is 36.9 Å². The van der Waals surface area contributed by atoms with Crippen LogP contribution >= 0.6 is 0 Å². The van der Waals surface area contributed by atoms with E-state index in [1.54, 1.807) is 32.4 Å². The number of ether oxygens (including phenoxy) is 2. The summed E-state index contributed by atoms with van der Waals surface area (Å²) in [5.41, 5.74) is 2.31. The van der Waals surface area contributed by atoms with Gasteiger partial charge >= 0.3 is 0 Å². The Morgan fingerprint density at radius 1 is 1.03 bits per heavy atom. The molecule has 1 aliphatic rings. The molecule has 0 radical (unpaired) electrons. The van der Waals surface area contributed by atoms with Gasteiger partial charge in [-0.3, -0.25) is 9.69 Å². The van der Waals surface area contributed by atoms with Gasteiger partial charge in [0.05, 0.1) is 19.9 Å². The molecule has 2 aromatic carbocycles. The van der Waals surface area contributed by atoms with Gasteiger partial charge in [-0.2, -0.15) is 0 Å². The lowest BCUT2D eigenvalue weighted by molar-refractivity contribution is 0.0998. The summed E-state index contributed by atoms with van der Waals surface area (Å²) in [6.45, 7) is 4.95. The summed E-state index contributed by atoms with van der Waals surface area (Å²) < 4.78 is 16.7. The molecule has 0 unspecified atom stereocenters. The predicted octanol–water partition coefficient (Wildman–Crippen LogP) is 3.45. The third-order valence-electron chi connectivity index (χ3n) is 5.53. The highest BCUT2D eigenvalue weighted by molar-refractivity contribution is 6.06. The van der Waals surface area contributed by atoms with Gasteiger partial charge in [-0.25, -0.2) is 0 Å². The Labute approximate surface area is 176 Å². The molecule has 3 aromatic rings. The van der Waals surface area contributed by atoms with Gasteiger partial charge in [0, 0.05) is 38.1 Å². The molecule has 0 aliphatic carbocycles. The average molecular weight is 409 g/mol. The van der Waals surface area contributed by atoms with Crippen LogP contribution in [0.1, 0.15) is 16.1 Å². The summed E-state index contributed by atoms with van der Waals surface area (Å²) in [7, 11) is 5.32. The predicted molar refractivity (Wildman–Crippen MR) is 116 cm³/mol. The zero-order valence-corrected chi connectivity index (χ0v) is 17.6. The highest BCUT2D eigenvalue weighted by Crippen LogP contribution is 2.33. The molecule has 1 N–H and O–H groups in total. The van der Waals surface area contributed by atoms with Crippen LogP contribution in [0.4, 0.5) is 5.69 Å². The number of piperazine rings is 1. The van der Waals surface area contributed by atoms with Crippen molar-refractivity contribution < 1.29 is 18.7 Å². The Hall–Kier alpha value is -3.03. The van der Waals surface area contributed by atoms with Crippen molar-refractivity contribution in [2.75, 3.05) is 52.8 Å². The SMILES string of the molecule is COc1ccccc1NC(=O)c1cc2c(CN3CCN(C)CC3)ccc(OC)c2o1. The van der Waals surface area contributed by atoms with Crippen LogP contribution in [0.15, 0.2) is 46.9 Å². The molecular weight excluding hydrogens is 382 g/mol. The Morgan fingerprint density at radius 3 is 2.50 bits per heavy atom. The second kappa shape index (κ2) is 8.77. The fourth-order valence-electron chi connectivity index (χ4n) is 3.74. The summed E-state index contributed by atoms with van der Waals surface area (Å²) in [5, 5.41) is 3.77. The number of rotatable bonds is 6. The number of carbonyl (C=O) groups excluding carboxylic acids is 1. The number of nitrogens with zero attached hydrogens (tertiary/aromatic N) is 2. The number of para-hydroxylation sites is 2. The summed E-state index contributed by atoms with van der Waals surface area (Å²) in [6, 6.07) is 13.0. The maximum absolute atomic E-state index is 12.9. The number of carbonyl (C=O) groups is 1. The van der Waals surface area contributed by atoms with Crippen molar-refractivity contribution in [3.8, 4) is 11.5 Å².